The molecule has 1 fully saturated rings. The molecule has 1 spiro atoms. The van der Waals surface area contributed by atoms with Crippen molar-refractivity contribution < 1.29 is 14.2 Å². The number of carbonyl (C=O) groups excluding carboxylic acids is 1. The highest BCUT2D eigenvalue weighted by molar-refractivity contribution is 6.39. The topological polar surface area (TPSA) is 80.0 Å². The smallest absolute Gasteiger partial charge is 0.269 e. The minimum atomic E-state index is -0.392. The molecule has 154 valence electrons. The van der Waals surface area contributed by atoms with Gasteiger partial charge in [0.05, 0.1) is 5.69 Å². The van der Waals surface area contributed by atoms with E-state index in [4.69, 9.17) is 9.36 Å². The van der Waals surface area contributed by atoms with Gasteiger partial charge in [-0.3, -0.25) is 9.69 Å². The van der Waals surface area contributed by atoms with E-state index in [2.05, 4.69) is 39.6 Å². The lowest BCUT2D eigenvalue weighted by Crippen LogP contribution is -2.37. The molecule has 2 aliphatic heterocycles. The molecule has 1 N–H and O–H groups in total. The van der Waals surface area contributed by atoms with Gasteiger partial charge in [-0.2, -0.15) is 0 Å². The maximum atomic E-state index is 12.6. The summed E-state index contributed by atoms with van der Waals surface area (Å²) >= 11 is 0. The zero-order valence-corrected chi connectivity index (χ0v) is 17.3. The Hall–Kier alpha value is -2.67. The highest BCUT2D eigenvalue weighted by Crippen LogP contribution is 2.35. The molecule has 0 aliphatic carbocycles. The fourth-order valence-electron chi connectivity index (χ4n) is 4.12. The van der Waals surface area contributed by atoms with Crippen molar-refractivity contribution in [1.82, 2.24) is 15.4 Å². The van der Waals surface area contributed by atoms with E-state index < -0.39 is 5.60 Å². The van der Waals surface area contributed by atoms with Gasteiger partial charge >= 0.3 is 0 Å². The number of benzene rings is 1. The first-order chi connectivity index (χ1) is 14.0. The van der Waals surface area contributed by atoms with Gasteiger partial charge in [-0.05, 0) is 25.3 Å². The molecule has 1 aromatic carbocycles. The number of oxime groups is 1. The van der Waals surface area contributed by atoms with E-state index in [9.17, 15) is 4.79 Å². The maximum Gasteiger partial charge on any atom is 0.269 e. The van der Waals surface area contributed by atoms with Crippen molar-refractivity contribution in [2.75, 3.05) is 19.6 Å². The molecule has 3 heterocycles. The van der Waals surface area contributed by atoms with E-state index in [1.807, 2.05) is 32.0 Å². The largest absolute Gasteiger partial charge is 0.387 e. The standard InChI is InChI=1S/C22H28N4O3/c1-15(18-7-5-4-6-8-18)12-23-21(27)20-11-22(29-25-20)9-10-26(14-22)13-19-16(2)24-28-17(19)3/h4-8,15H,9-14H2,1-3H3,(H,23,27)/t15-,22-/m0/s1. The number of nitrogens with zero attached hydrogens (tertiary/aromatic N) is 3. The fraction of sp³-hybridized carbons (Fsp3) is 0.500. The lowest BCUT2D eigenvalue weighted by atomic mass is 9.96. The highest BCUT2D eigenvalue weighted by Gasteiger charge is 2.46. The molecular formula is C22H28N4O3. The molecule has 1 saturated heterocycles. The maximum absolute atomic E-state index is 12.6. The summed E-state index contributed by atoms with van der Waals surface area (Å²) in [6.07, 6.45) is 1.41. The van der Waals surface area contributed by atoms with E-state index in [-0.39, 0.29) is 11.8 Å². The molecule has 2 atom stereocenters. The highest BCUT2D eigenvalue weighted by atomic mass is 16.7. The van der Waals surface area contributed by atoms with Crippen molar-refractivity contribution in [2.45, 2.75) is 51.7 Å². The lowest BCUT2D eigenvalue weighted by Gasteiger charge is -2.21. The number of likely N-dealkylation sites (tertiary alicyclic amines) is 1. The van der Waals surface area contributed by atoms with Gasteiger partial charge in [-0.25, -0.2) is 0 Å². The Morgan fingerprint density at radius 1 is 1.31 bits per heavy atom. The molecule has 29 heavy (non-hydrogen) atoms. The number of amides is 1. The van der Waals surface area contributed by atoms with E-state index in [1.54, 1.807) is 0 Å². The summed E-state index contributed by atoms with van der Waals surface area (Å²) in [5, 5.41) is 11.2. The van der Waals surface area contributed by atoms with E-state index >= 15 is 0 Å². The molecule has 0 radical (unpaired) electrons. The van der Waals surface area contributed by atoms with Gasteiger partial charge in [0, 0.05) is 44.6 Å². The van der Waals surface area contributed by atoms with Gasteiger partial charge in [0.2, 0.25) is 0 Å². The van der Waals surface area contributed by atoms with Gasteiger partial charge in [-0.15, -0.1) is 0 Å². The Balaban J connectivity index is 1.29. The Morgan fingerprint density at radius 2 is 2.10 bits per heavy atom. The predicted octanol–water partition coefficient (Wildman–Crippen LogP) is 2.93. The third-order valence-corrected chi connectivity index (χ3v) is 6.00. The molecule has 0 unspecified atom stereocenters. The molecule has 2 aromatic rings. The number of hydrogen-bond acceptors (Lipinski definition) is 6. The average molecular weight is 396 g/mol. The van der Waals surface area contributed by atoms with Gasteiger partial charge in [-0.1, -0.05) is 47.6 Å². The molecule has 0 bridgehead atoms. The molecule has 1 aromatic heterocycles. The first-order valence-electron chi connectivity index (χ1n) is 10.2. The molecule has 0 saturated carbocycles. The van der Waals surface area contributed by atoms with Crippen LogP contribution in [0.1, 0.15) is 48.3 Å². The summed E-state index contributed by atoms with van der Waals surface area (Å²) in [5.41, 5.74) is 3.37. The summed E-state index contributed by atoms with van der Waals surface area (Å²) < 4.78 is 5.27. The minimum Gasteiger partial charge on any atom is -0.387 e. The molecule has 2 aliphatic rings. The second-order valence-electron chi connectivity index (χ2n) is 8.27. The van der Waals surface area contributed by atoms with Crippen molar-refractivity contribution in [3.63, 3.8) is 0 Å². The normalized spacial score (nSPS) is 22.5. The van der Waals surface area contributed by atoms with Crippen molar-refractivity contribution in [2.24, 2.45) is 5.16 Å². The summed E-state index contributed by atoms with van der Waals surface area (Å²) in [4.78, 5) is 20.7. The summed E-state index contributed by atoms with van der Waals surface area (Å²) in [6.45, 7) is 9.02. The van der Waals surface area contributed by atoms with E-state index in [1.165, 1.54) is 5.56 Å². The van der Waals surface area contributed by atoms with E-state index in [0.29, 0.717) is 18.7 Å². The van der Waals surface area contributed by atoms with Crippen LogP contribution in [0.5, 0.6) is 0 Å². The van der Waals surface area contributed by atoms with Crippen molar-refractivity contribution in [1.29, 1.82) is 0 Å². The molecular weight excluding hydrogens is 368 g/mol. The zero-order valence-electron chi connectivity index (χ0n) is 17.3. The second kappa shape index (κ2) is 7.99. The van der Waals surface area contributed by atoms with Crippen LogP contribution in [0.25, 0.3) is 0 Å². The molecule has 4 rings (SSSR count). The number of aryl methyl sites for hydroxylation is 2. The Kier molecular flexibility index (Phi) is 5.41. The molecule has 7 heteroatoms. The van der Waals surface area contributed by atoms with Crippen LogP contribution in [0, 0.1) is 13.8 Å². The summed E-state index contributed by atoms with van der Waals surface area (Å²) in [6, 6.07) is 10.2. The summed E-state index contributed by atoms with van der Waals surface area (Å²) in [5.74, 6) is 0.975. The van der Waals surface area contributed by atoms with Gasteiger partial charge < -0.3 is 14.7 Å². The predicted molar refractivity (Wildman–Crippen MR) is 110 cm³/mol. The van der Waals surface area contributed by atoms with Crippen LogP contribution in [-0.4, -0.2) is 46.9 Å². The first kappa shape index (κ1) is 19.6. The van der Waals surface area contributed by atoms with Crippen molar-refractivity contribution in [3.05, 3.63) is 52.9 Å². The third kappa shape index (κ3) is 4.19. The van der Waals surface area contributed by atoms with Crippen LogP contribution in [0.3, 0.4) is 0 Å². The van der Waals surface area contributed by atoms with Crippen LogP contribution in [0.15, 0.2) is 40.0 Å². The van der Waals surface area contributed by atoms with Gasteiger partial charge in [0.25, 0.3) is 5.91 Å². The average Bonchev–Trinajstić information content (AvgIpc) is 3.43. The number of hydrogen-bond donors (Lipinski definition) is 1. The fourth-order valence-corrected chi connectivity index (χ4v) is 4.12. The van der Waals surface area contributed by atoms with Crippen molar-refractivity contribution in [3.8, 4) is 0 Å². The quantitative estimate of drug-likeness (QED) is 0.812. The van der Waals surface area contributed by atoms with Crippen LogP contribution >= 0.6 is 0 Å². The Morgan fingerprint density at radius 3 is 2.83 bits per heavy atom. The number of nitrogens with one attached hydrogen (secondary N) is 1. The Labute approximate surface area is 171 Å². The minimum absolute atomic E-state index is 0.131. The monoisotopic (exact) mass is 396 g/mol. The summed E-state index contributed by atoms with van der Waals surface area (Å²) in [7, 11) is 0. The van der Waals surface area contributed by atoms with E-state index in [0.717, 1.165) is 43.1 Å². The van der Waals surface area contributed by atoms with Gasteiger partial charge in [0.15, 0.2) is 5.60 Å². The third-order valence-electron chi connectivity index (χ3n) is 6.00. The van der Waals surface area contributed by atoms with Gasteiger partial charge in [0.1, 0.15) is 11.5 Å². The first-order valence-corrected chi connectivity index (χ1v) is 10.2. The SMILES string of the molecule is Cc1noc(C)c1CN1CC[C@]2(CC(C(=O)NC[C@H](C)c3ccccc3)=NO2)C1. The van der Waals surface area contributed by atoms with Crippen LogP contribution in [-0.2, 0) is 16.2 Å². The van der Waals surface area contributed by atoms with Crippen LogP contribution in [0.2, 0.25) is 0 Å². The zero-order chi connectivity index (χ0) is 20.4. The number of rotatable bonds is 6. The molecule has 7 nitrogen and oxygen atoms in total. The van der Waals surface area contributed by atoms with Crippen LogP contribution in [0.4, 0.5) is 0 Å². The van der Waals surface area contributed by atoms with Crippen molar-refractivity contribution >= 4 is 11.6 Å². The number of carbonyl (C=O) groups is 1. The second-order valence-corrected chi connectivity index (χ2v) is 8.27. The number of aromatic nitrogens is 1. The molecule has 1 amide bonds. The van der Waals surface area contributed by atoms with Crippen LogP contribution < -0.4 is 5.32 Å². The lowest BCUT2D eigenvalue weighted by molar-refractivity contribution is -0.115. The Bertz CT molecular complexity index is 889.